The van der Waals surface area contributed by atoms with Crippen molar-refractivity contribution in [1.82, 2.24) is 25.4 Å². The molecule has 1 aliphatic rings. The highest BCUT2D eigenvalue weighted by Crippen LogP contribution is 2.17. The van der Waals surface area contributed by atoms with E-state index in [1.165, 1.54) is 11.2 Å². The van der Waals surface area contributed by atoms with Crippen LogP contribution >= 0.6 is 0 Å². The number of aryl methyl sites for hydroxylation is 1. The van der Waals surface area contributed by atoms with Crippen LogP contribution in [0.3, 0.4) is 0 Å². The van der Waals surface area contributed by atoms with Gasteiger partial charge in [-0.2, -0.15) is 5.10 Å². The molecule has 1 fully saturated rings. The first-order valence-corrected chi connectivity index (χ1v) is 6.80. The molecular weight excluding hydrogens is 262 g/mol. The van der Waals surface area contributed by atoms with E-state index in [-0.39, 0.29) is 6.03 Å². The lowest BCUT2D eigenvalue weighted by molar-refractivity contribution is -0.143. The summed E-state index contributed by atoms with van der Waals surface area (Å²) in [6.07, 6.45) is 5.11. The molecule has 1 saturated heterocycles. The molecule has 8 nitrogen and oxygen atoms in total. The maximum absolute atomic E-state index is 12.0. The number of H-pyrrole nitrogens is 1. The van der Waals surface area contributed by atoms with Crippen LogP contribution in [-0.2, 0) is 11.2 Å². The summed E-state index contributed by atoms with van der Waals surface area (Å²) >= 11 is 0. The van der Waals surface area contributed by atoms with E-state index in [0.29, 0.717) is 25.9 Å². The van der Waals surface area contributed by atoms with Crippen molar-refractivity contribution < 1.29 is 14.7 Å². The van der Waals surface area contributed by atoms with E-state index in [4.69, 9.17) is 5.11 Å². The summed E-state index contributed by atoms with van der Waals surface area (Å²) in [6.45, 7) is 0.993. The number of likely N-dealkylation sites (tertiary alicyclic amines) is 1. The smallest absolute Gasteiger partial charge is 0.326 e. The fourth-order valence-corrected chi connectivity index (χ4v) is 2.34. The van der Waals surface area contributed by atoms with Crippen LogP contribution < -0.4 is 5.32 Å². The molecule has 0 aliphatic carbocycles. The third-order valence-corrected chi connectivity index (χ3v) is 3.38. The van der Waals surface area contributed by atoms with E-state index >= 15 is 0 Å². The highest BCUT2D eigenvalue weighted by molar-refractivity contribution is 5.82. The molecule has 8 heteroatoms. The minimum Gasteiger partial charge on any atom is -0.480 e. The van der Waals surface area contributed by atoms with Gasteiger partial charge in [0.05, 0.1) is 0 Å². The number of hydrogen-bond donors (Lipinski definition) is 3. The number of aromatic amines is 1. The van der Waals surface area contributed by atoms with E-state index in [0.717, 1.165) is 25.1 Å². The van der Waals surface area contributed by atoms with Crippen molar-refractivity contribution in [2.75, 3.05) is 13.1 Å². The van der Waals surface area contributed by atoms with Gasteiger partial charge in [-0.25, -0.2) is 14.6 Å². The molecule has 3 N–H and O–H groups in total. The SMILES string of the molecule is O=C(O)C1CCCCN1C(=O)NCCCc1ncn[nH]1. The van der Waals surface area contributed by atoms with Crippen LogP contribution in [0.1, 0.15) is 31.5 Å². The third kappa shape index (κ3) is 3.69. The van der Waals surface area contributed by atoms with Gasteiger partial charge in [-0.05, 0) is 25.7 Å². The molecule has 20 heavy (non-hydrogen) atoms. The fraction of sp³-hybridized carbons (Fsp3) is 0.667. The lowest BCUT2D eigenvalue weighted by Crippen LogP contribution is -2.52. The van der Waals surface area contributed by atoms with Gasteiger partial charge in [0.25, 0.3) is 0 Å². The summed E-state index contributed by atoms with van der Waals surface area (Å²) < 4.78 is 0. The number of hydrogen-bond acceptors (Lipinski definition) is 4. The Bertz CT molecular complexity index is 448. The van der Waals surface area contributed by atoms with Gasteiger partial charge in [0.15, 0.2) is 0 Å². The number of urea groups is 1. The second-order valence-electron chi connectivity index (χ2n) is 4.81. The number of carbonyl (C=O) groups excluding carboxylic acids is 1. The molecule has 1 aromatic heterocycles. The number of carboxylic acid groups (broad SMARTS) is 1. The average Bonchev–Trinajstić information content (AvgIpc) is 2.96. The molecule has 1 aliphatic heterocycles. The highest BCUT2D eigenvalue weighted by atomic mass is 16.4. The Morgan fingerprint density at radius 3 is 3.05 bits per heavy atom. The Morgan fingerprint density at radius 1 is 1.50 bits per heavy atom. The number of rotatable bonds is 5. The third-order valence-electron chi connectivity index (χ3n) is 3.38. The molecule has 1 aromatic rings. The van der Waals surface area contributed by atoms with Crippen LogP contribution in [0.25, 0.3) is 0 Å². The zero-order valence-corrected chi connectivity index (χ0v) is 11.2. The summed E-state index contributed by atoms with van der Waals surface area (Å²) in [5, 5.41) is 18.4. The van der Waals surface area contributed by atoms with Gasteiger partial charge in [-0.15, -0.1) is 0 Å². The Morgan fingerprint density at radius 2 is 2.35 bits per heavy atom. The van der Waals surface area contributed by atoms with Gasteiger partial charge >= 0.3 is 12.0 Å². The van der Waals surface area contributed by atoms with Gasteiger partial charge in [0, 0.05) is 19.5 Å². The topological polar surface area (TPSA) is 111 Å². The van der Waals surface area contributed by atoms with Gasteiger partial charge in [-0.3, -0.25) is 5.10 Å². The second kappa shape index (κ2) is 6.88. The Hall–Kier alpha value is -2.12. The number of aromatic nitrogens is 3. The van der Waals surface area contributed by atoms with Crippen LogP contribution in [0.5, 0.6) is 0 Å². The van der Waals surface area contributed by atoms with E-state index in [1.54, 1.807) is 0 Å². The van der Waals surface area contributed by atoms with Crippen molar-refractivity contribution >= 4 is 12.0 Å². The number of nitrogens with zero attached hydrogens (tertiary/aromatic N) is 3. The Kier molecular flexibility index (Phi) is 4.91. The molecule has 110 valence electrons. The van der Waals surface area contributed by atoms with Crippen molar-refractivity contribution in [1.29, 1.82) is 0 Å². The molecule has 1 unspecified atom stereocenters. The number of aliphatic carboxylic acids is 1. The minimum absolute atomic E-state index is 0.297. The summed E-state index contributed by atoms with van der Waals surface area (Å²) in [4.78, 5) is 28.5. The Labute approximate surface area is 116 Å². The van der Waals surface area contributed by atoms with E-state index in [1.807, 2.05) is 0 Å². The maximum atomic E-state index is 12.0. The molecule has 0 aromatic carbocycles. The molecule has 1 atom stereocenters. The first kappa shape index (κ1) is 14.3. The Balaban J connectivity index is 1.74. The van der Waals surface area contributed by atoms with Crippen molar-refractivity contribution in [3.63, 3.8) is 0 Å². The molecule has 0 radical (unpaired) electrons. The first-order chi connectivity index (χ1) is 9.68. The number of nitrogens with one attached hydrogen (secondary N) is 2. The molecule has 2 amide bonds. The number of piperidine rings is 1. The summed E-state index contributed by atoms with van der Waals surface area (Å²) in [6, 6.07) is -0.993. The van der Waals surface area contributed by atoms with E-state index < -0.39 is 12.0 Å². The number of carboxylic acids is 1. The zero-order chi connectivity index (χ0) is 14.4. The van der Waals surface area contributed by atoms with Crippen molar-refractivity contribution in [2.45, 2.75) is 38.1 Å². The lowest BCUT2D eigenvalue weighted by Gasteiger charge is -2.32. The molecule has 0 saturated carbocycles. The minimum atomic E-state index is -0.929. The van der Waals surface area contributed by atoms with Crippen molar-refractivity contribution in [3.8, 4) is 0 Å². The molecule has 2 rings (SSSR count). The van der Waals surface area contributed by atoms with Crippen LogP contribution in [0.2, 0.25) is 0 Å². The summed E-state index contributed by atoms with van der Waals surface area (Å²) in [5.74, 6) is -0.151. The predicted octanol–water partition coefficient (Wildman–Crippen LogP) is 0.386. The maximum Gasteiger partial charge on any atom is 0.326 e. The van der Waals surface area contributed by atoms with Crippen molar-refractivity contribution in [2.24, 2.45) is 0 Å². The molecular formula is C12H19N5O3. The lowest BCUT2D eigenvalue weighted by atomic mass is 10.0. The van der Waals surface area contributed by atoms with Gasteiger partial charge in [0.2, 0.25) is 0 Å². The molecule has 0 spiro atoms. The number of carbonyl (C=O) groups is 2. The number of amides is 2. The average molecular weight is 281 g/mol. The van der Waals surface area contributed by atoms with Crippen LogP contribution in [0.15, 0.2) is 6.33 Å². The fourth-order valence-electron chi connectivity index (χ4n) is 2.34. The quantitative estimate of drug-likeness (QED) is 0.676. The molecule has 2 heterocycles. The zero-order valence-electron chi connectivity index (χ0n) is 11.2. The van der Waals surface area contributed by atoms with Crippen LogP contribution in [-0.4, -0.2) is 56.3 Å². The second-order valence-corrected chi connectivity index (χ2v) is 4.81. The standard InChI is InChI=1S/C12H19N5O3/c18-11(19)9-4-1-2-7-17(9)12(20)13-6-3-5-10-14-8-15-16-10/h8-9H,1-7H2,(H,13,20)(H,18,19)(H,14,15,16). The van der Waals surface area contributed by atoms with Gasteiger partial charge in [-0.1, -0.05) is 0 Å². The van der Waals surface area contributed by atoms with Crippen molar-refractivity contribution in [3.05, 3.63) is 12.2 Å². The normalized spacial score (nSPS) is 18.8. The van der Waals surface area contributed by atoms with E-state index in [9.17, 15) is 9.59 Å². The van der Waals surface area contributed by atoms with Crippen LogP contribution in [0, 0.1) is 0 Å². The summed E-state index contributed by atoms with van der Waals surface area (Å²) in [7, 11) is 0. The first-order valence-electron chi connectivity index (χ1n) is 6.80. The van der Waals surface area contributed by atoms with Crippen LogP contribution in [0.4, 0.5) is 4.79 Å². The van der Waals surface area contributed by atoms with E-state index in [2.05, 4.69) is 20.5 Å². The van der Waals surface area contributed by atoms with Gasteiger partial charge in [0.1, 0.15) is 18.2 Å². The molecule has 0 bridgehead atoms. The predicted molar refractivity (Wildman–Crippen MR) is 70.1 cm³/mol. The highest BCUT2D eigenvalue weighted by Gasteiger charge is 2.31. The largest absolute Gasteiger partial charge is 0.480 e. The summed E-state index contributed by atoms with van der Waals surface area (Å²) in [5.41, 5.74) is 0. The van der Waals surface area contributed by atoms with Gasteiger partial charge < -0.3 is 15.3 Å². The monoisotopic (exact) mass is 281 g/mol.